The van der Waals surface area contributed by atoms with E-state index < -0.39 is 0 Å². The second-order valence-electron chi connectivity index (χ2n) is 7.97. The smallest absolute Gasteiger partial charge is 0.293 e. The van der Waals surface area contributed by atoms with Gasteiger partial charge in [0.15, 0.2) is 0 Å². The molecule has 0 radical (unpaired) electrons. The SMILES string of the molecule is COc1ccc(NC(=O)c2nnc3n2C[C@@H]2CN(C(=O)C4CC4)C[C@@H]2C3)cc1. The molecule has 8 heteroatoms. The molecule has 0 bridgehead atoms. The lowest BCUT2D eigenvalue weighted by atomic mass is 9.89. The Hall–Kier alpha value is -2.90. The van der Waals surface area contributed by atoms with Gasteiger partial charge in [-0.2, -0.15) is 0 Å². The van der Waals surface area contributed by atoms with Gasteiger partial charge in [-0.3, -0.25) is 9.59 Å². The minimum absolute atomic E-state index is 0.254. The fourth-order valence-electron chi connectivity index (χ4n) is 4.32. The molecule has 1 aromatic carbocycles. The summed E-state index contributed by atoms with van der Waals surface area (Å²) in [4.78, 5) is 27.2. The highest BCUT2D eigenvalue weighted by molar-refractivity contribution is 6.01. The predicted octanol–water partition coefficient (Wildman–Crippen LogP) is 1.58. The lowest BCUT2D eigenvalue weighted by molar-refractivity contribution is -0.131. The maximum atomic E-state index is 12.7. The summed E-state index contributed by atoms with van der Waals surface area (Å²) in [5.41, 5.74) is 0.680. The Balaban J connectivity index is 1.29. The van der Waals surface area contributed by atoms with Crippen LogP contribution in [0.25, 0.3) is 0 Å². The molecule has 2 aliphatic heterocycles. The number of carbonyl (C=O) groups excluding carboxylic acids is 2. The maximum absolute atomic E-state index is 12.7. The molecule has 3 aliphatic rings. The van der Waals surface area contributed by atoms with E-state index in [4.69, 9.17) is 4.74 Å². The number of benzene rings is 1. The number of ether oxygens (including phenoxy) is 1. The fourth-order valence-corrected chi connectivity index (χ4v) is 4.32. The molecule has 2 aromatic rings. The summed E-state index contributed by atoms with van der Waals surface area (Å²) in [5.74, 6) is 2.96. The molecule has 1 N–H and O–H groups in total. The van der Waals surface area contributed by atoms with E-state index in [1.165, 1.54) is 0 Å². The molecule has 1 aromatic heterocycles. The van der Waals surface area contributed by atoms with Crippen molar-refractivity contribution in [3.05, 3.63) is 35.9 Å². The number of methoxy groups -OCH3 is 1. The topological polar surface area (TPSA) is 89.3 Å². The number of rotatable bonds is 4. The molecule has 8 nitrogen and oxygen atoms in total. The standard InChI is InChI=1S/C20H23N5O3/c1-28-16-6-4-15(5-7-16)21-19(26)18-23-22-17-8-13-9-24(20(27)12-2-3-12)10-14(13)11-25(17)18/h4-7,12-14H,2-3,8-11H2,1H3,(H,21,26)/t13-,14-/m0/s1. The van der Waals surface area contributed by atoms with Gasteiger partial charge in [0.1, 0.15) is 11.6 Å². The fraction of sp³-hybridized carbons (Fsp3) is 0.500. The Morgan fingerprint density at radius 2 is 1.82 bits per heavy atom. The zero-order valence-corrected chi connectivity index (χ0v) is 15.8. The van der Waals surface area contributed by atoms with E-state index in [-0.39, 0.29) is 11.8 Å². The Morgan fingerprint density at radius 1 is 1.07 bits per heavy atom. The molecule has 146 valence electrons. The number of anilines is 1. The normalized spacial score (nSPS) is 23.1. The van der Waals surface area contributed by atoms with Crippen LogP contribution in [-0.4, -0.2) is 51.7 Å². The number of nitrogens with zero attached hydrogens (tertiary/aromatic N) is 4. The second-order valence-corrected chi connectivity index (χ2v) is 7.97. The third-order valence-corrected chi connectivity index (χ3v) is 6.05. The monoisotopic (exact) mass is 381 g/mol. The van der Waals surface area contributed by atoms with Gasteiger partial charge in [-0.05, 0) is 48.9 Å². The van der Waals surface area contributed by atoms with Crippen molar-refractivity contribution in [2.24, 2.45) is 17.8 Å². The third-order valence-electron chi connectivity index (χ3n) is 6.05. The lowest BCUT2D eigenvalue weighted by Gasteiger charge is -2.25. The van der Waals surface area contributed by atoms with E-state index in [1.807, 2.05) is 9.47 Å². The average Bonchev–Trinajstić information content (AvgIpc) is 3.35. The first-order chi connectivity index (χ1) is 13.6. The Bertz CT molecular complexity index is 918. The second kappa shape index (κ2) is 6.61. The molecular formula is C20H23N5O3. The lowest BCUT2D eigenvalue weighted by Crippen LogP contribution is -2.31. The van der Waals surface area contributed by atoms with Crippen molar-refractivity contribution in [3.8, 4) is 5.75 Å². The van der Waals surface area contributed by atoms with Crippen LogP contribution in [0.2, 0.25) is 0 Å². The van der Waals surface area contributed by atoms with Crippen LogP contribution in [0, 0.1) is 17.8 Å². The number of hydrogen-bond acceptors (Lipinski definition) is 5. The van der Waals surface area contributed by atoms with Gasteiger partial charge in [-0.15, -0.1) is 10.2 Å². The van der Waals surface area contributed by atoms with Crippen molar-refractivity contribution in [3.63, 3.8) is 0 Å². The van der Waals surface area contributed by atoms with Crippen molar-refractivity contribution >= 4 is 17.5 Å². The van der Waals surface area contributed by atoms with Crippen molar-refractivity contribution in [2.75, 3.05) is 25.5 Å². The van der Waals surface area contributed by atoms with Crippen molar-refractivity contribution < 1.29 is 14.3 Å². The maximum Gasteiger partial charge on any atom is 0.293 e. The van der Waals surface area contributed by atoms with Crippen LogP contribution in [0.15, 0.2) is 24.3 Å². The third kappa shape index (κ3) is 3.02. The van der Waals surface area contributed by atoms with Crippen LogP contribution in [0.1, 0.15) is 29.3 Å². The van der Waals surface area contributed by atoms with Crippen LogP contribution in [-0.2, 0) is 17.8 Å². The first kappa shape index (κ1) is 17.2. The number of fused-ring (bicyclic) bond motifs is 2. The number of carbonyl (C=O) groups is 2. The molecule has 2 atom stereocenters. The van der Waals surface area contributed by atoms with Crippen molar-refractivity contribution in [1.82, 2.24) is 19.7 Å². The molecule has 1 saturated heterocycles. The van der Waals surface area contributed by atoms with Crippen LogP contribution < -0.4 is 10.1 Å². The number of amides is 2. The first-order valence-electron chi connectivity index (χ1n) is 9.78. The number of nitrogens with one attached hydrogen (secondary N) is 1. The van der Waals surface area contributed by atoms with E-state index in [2.05, 4.69) is 15.5 Å². The molecule has 2 amide bonds. The van der Waals surface area contributed by atoms with Gasteiger partial charge in [0.2, 0.25) is 11.7 Å². The molecule has 5 rings (SSSR count). The predicted molar refractivity (Wildman–Crippen MR) is 101 cm³/mol. The summed E-state index contributed by atoms with van der Waals surface area (Å²) in [6.45, 7) is 2.27. The Labute approximate surface area is 162 Å². The highest BCUT2D eigenvalue weighted by Gasteiger charge is 2.43. The minimum atomic E-state index is -0.272. The van der Waals surface area contributed by atoms with E-state index >= 15 is 0 Å². The molecule has 1 aliphatic carbocycles. The van der Waals surface area contributed by atoms with E-state index in [0.717, 1.165) is 43.9 Å². The van der Waals surface area contributed by atoms with Crippen molar-refractivity contribution in [2.45, 2.75) is 25.8 Å². The van der Waals surface area contributed by atoms with Gasteiger partial charge < -0.3 is 19.5 Å². The minimum Gasteiger partial charge on any atom is -0.497 e. The first-order valence-corrected chi connectivity index (χ1v) is 9.78. The molecule has 1 saturated carbocycles. The highest BCUT2D eigenvalue weighted by atomic mass is 16.5. The largest absolute Gasteiger partial charge is 0.497 e. The van der Waals surface area contributed by atoms with E-state index in [0.29, 0.717) is 35.8 Å². The number of hydrogen-bond donors (Lipinski definition) is 1. The van der Waals surface area contributed by atoms with Crippen LogP contribution in [0.5, 0.6) is 5.75 Å². The zero-order valence-electron chi connectivity index (χ0n) is 15.8. The van der Waals surface area contributed by atoms with Gasteiger partial charge in [-0.25, -0.2) is 0 Å². The van der Waals surface area contributed by atoms with Gasteiger partial charge >= 0.3 is 0 Å². The summed E-state index contributed by atoms with van der Waals surface area (Å²) in [7, 11) is 1.60. The molecule has 2 fully saturated rings. The van der Waals surface area contributed by atoms with Crippen LogP contribution >= 0.6 is 0 Å². The van der Waals surface area contributed by atoms with Crippen LogP contribution in [0.3, 0.4) is 0 Å². The molecule has 0 spiro atoms. The summed E-state index contributed by atoms with van der Waals surface area (Å²) >= 11 is 0. The van der Waals surface area contributed by atoms with Gasteiger partial charge in [-0.1, -0.05) is 0 Å². The molecule has 3 heterocycles. The summed E-state index contributed by atoms with van der Waals surface area (Å²) in [6.07, 6.45) is 2.83. The van der Waals surface area contributed by atoms with Gasteiger partial charge in [0.05, 0.1) is 7.11 Å². The van der Waals surface area contributed by atoms with Gasteiger partial charge in [0.25, 0.3) is 5.91 Å². The van der Waals surface area contributed by atoms with Crippen LogP contribution in [0.4, 0.5) is 5.69 Å². The van der Waals surface area contributed by atoms with Gasteiger partial charge in [0, 0.05) is 37.7 Å². The summed E-state index contributed by atoms with van der Waals surface area (Å²) < 4.78 is 7.06. The molecular weight excluding hydrogens is 358 g/mol. The van der Waals surface area contributed by atoms with E-state index in [1.54, 1.807) is 31.4 Å². The number of likely N-dealkylation sites (tertiary alicyclic amines) is 1. The Morgan fingerprint density at radius 3 is 2.54 bits per heavy atom. The number of aromatic nitrogens is 3. The molecule has 0 unspecified atom stereocenters. The van der Waals surface area contributed by atoms with E-state index in [9.17, 15) is 9.59 Å². The Kier molecular flexibility index (Phi) is 4.07. The van der Waals surface area contributed by atoms with Crippen molar-refractivity contribution in [1.29, 1.82) is 0 Å². The summed E-state index contributed by atoms with van der Waals surface area (Å²) in [6, 6.07) is 7.17. The summed E-state index contributed by atoms with van der Waals surface area (Å²) in [5, 5.41) is 11.3. The average molecular weight is 381 g/mol. The zero-order chi connectivity index (χ0) is 19.3. The quantitative estimate of drug-likeness (QED) is 0.869. The molecule has 28 heavy (non-hydrogen) atoms. The highest BCUT2D eigenvalue weighted by Crippen LogP contribution is 2.37.